The van der Waals surface area contributed by atoms with Gasteiger partial charge in [0.1, 0.15) is 12.7 Å². The van der Waals surface area contributed by atoms with Gasteiger partial charge in [0.15, 0.2) is 0 Å². The molecule has 1 aliphatic carbocycles. The third-order valence-electron chi connectivity index (χ3n) is 3.04. The van der Waals surface area contributed by atoms with Crippen molar-refractivity contribution in [3.05, 3.63) is 12.7 Å². The fourth-order valence-electron chi connectivity index (χ4n) is 2.17. The summed E-state index contributed by atoms with van der Waals surface area (Å²) in [5.41, 5.74) is 5.16. The summed E-state index contributed by atoms with van der Waals surface area (Å²) in [5.74, 6) is -2.51. The minimum absolute atomic E-state index is 0.0921. The normalized spacial score (nSPS) is 22.3. The molecule has 0 saturated heterocycles. The summed E-state index contributed by atoms with van der Waals surface area (Å²) >= 11 is 0. The van der Waals surface area contributed by atoms with E-state index in [-0.39, 0.29) is 12.8 Å². The van der Waals surface area contributed by atoms with Gasteiger partial charge in [0, 0.05) is 19.4 Å². The first-order chi connectivity index (χ1) is 7.05. The largest absolute Gasteiger partial charge is 0.330 e. The molecular weight excluding hydrogens is 202 g/mol. The molecule has 84 valence electrons. The summed E-state index contributed by atoms with van der Waals surface area (Å²) in [4.78, 5) is 3.79. The summed E-state index contributed by atoms with van der Waals surface area (Å²) in [5, 5.41) is 3.93. The lowest BCUT2D eigenvalue weighted by atomic mass is 9.64. The summed E-state index contributed by atoms with van der Waals surface area (Å²) in [6, 6.07) is 0. The maximum absolute atomic E-state index is 12.8. The molecule has 0 bridgehead atoms. The molecule has 1 aromatic rings. The number of halogens is 2. The summed E-state index contributed by atoms with van der Waals surface area (Å²) in [6.07, 6.45) is 3.48. The Morgan fingerprint density at radius 3 is 2.60 bits per heavy atom. The van der Waals surface area contributed by atoms with Gasteiger partial charge in [-0.2, -0.15) is 5.10 Å². The Labute approximate surface area is 86.5 Å². The molecule has 0 aromatic carbocycles. The van der Waals surface area contributed by atoms with Crippen molar-refractivity contribution < 1.29 is 8.78 Å². The Morgan fingerprint density at radius 1 is 1.40 bits per heavy atom. The summed E-state index contributed by atoms with van der Waals surface area (Å²) in [6.45, 7) is 0.921. The molecule has 1 saturated carbocycles. The monoisotopic (exact) mass is 216 g/mol. The van der Waals surface area contributed by atoms with Crippen molar-refractivity contribution in [1.29, 1.82) is 0 Å². The predicted octanol–water partition coefficient (Wildman–Crippen LogP) is 1.04. The molecule has 0 amide bonds. The number of nitrogens with two attached hydrogens (primary N) is 1. The fraction of sp³-hybridized carbons (Fsp3) is 0.778. The Hall–Kier alpha value is -1.04. The summed E-state index contributed by atoms with van der Waals surface area (Å²) in [7, 11) is 0. The first-order valence-corrected chi connectivity index (χ1v) is 4.96. The van der Waals surface area contributed by atoms with Crippen LogP contribution in [0, 0.1) is 5.41 Å². The summed E-state index contributed by atoms with van der Waals surface area (Å²) < 4.78 is 27.2. The van der Waals surface area contributed by atoms with E-state index in [0.29, 0.717) is 19.5 Å². The van der Waals surface area contributed by atoms with E-state index < -0.39 is 11.3 Å². The van der Waals surface area contributed by atoms with Gasteiger partial charge in [-0.05, 0) is 18.4 Å². The van der Waals surface area contributed by atoms with Gasteiger partial charge in [0.25, 0.3) is 0 Å². The van der Waals surface area contributed by atoms with Gasteiger partial charge in [-0.3, -0.25) is 4.68 Å². The van der Waals surface area contributed by atoms with Crippen molar-refractivity contribution in [1.82, 2.24) is 14.8 Å². The maximum atomic E-state index is 12.8. The van der Waals surface area contributed by atoms with Crippen molar-refractivity contribution in [3.63, 3.8) is 0 Å². The molecule has 6 heteroatoms. The van der Waals surface area contributed by atoms with E-state index in [0.717, 1.165) is 0 Å². The van der Waals surface area contributed by atoms with Crippen molar-refractivity contribution in [3.8, 4) is 0 Å². The molecule has 2 N–H and O–H groups in total. The van der Waals surface area contributed by atoms with Crippen LogP contribution < -0.4 is 5.73 Å². The zero-order valence-electron chi connectivity index (χ0n) is 8.37. The SMILES string of the molecule is NCC1(CCn2cncn2)CC(F)(F)C1. The van der Waals surface area contributed by atoms with E-state index >= 15 is 0 Å². The fourth-order valence-corrected chi connectivity index (χ4v) is 2.17. The van der Waals surface area contributed by atoms with Crippen LogP contribution in [0.2, 0.25) is 0 Å². The molecular formula is C9H14F2N4. The number of rotatable bonds is 4. The van der Waals surface area contributed by atoms with Crippen molar-refractivity contribution >= 4 is 0 Å². The van der Waals surface area contributed by atoms with Crippen LogP contribution in [0.4, 0.5) is 8.78 Å². The second-order valence-corrected chi connectivity index (χ2v) is 4.32. The third kappa shape index (κ3) is 2.14. The van der Waals surface area contributed by atoms with Gasteiger partial charge in [0.2, 0.25) is 5.92 Å². The minimum atomic E-state index is -2.51. The molecule has 0 atom stereocenters. The Balaban J connectivity index is 1.88. The van der Waals surface area contributed by atoms with Crippen LogP contribution >= 0.6 is 0 Å². The van der Waals surface area contributed by atoms with Gasteiger partial charge < -0.3 is 5.73 Å². The predicted molar refractivity (Wildman–Crippen MR) is 50.3 cm³/mol. The second-order valence-electron chi connectivity index (χ2n) is 4.32. The van der Waals surface area contributed by atoms with E-state index in [4.69, 9.17) is 5.73 Å². The average molecular weight is 216 g/mol. The minimum Gasteiger partial charge on any atom is -0.330 e. The average Bonchev–Trinajstić information content (AvgIpc) is 2.63. The highest BCUT2D eigenvalue weighted by atomic mass is 19.3. The van der Waals surface area contributed by atoms with Crippen LogP contribution in [-0.4, -0.2) is 27.2 Å². The van der Waals surface area contributed by atoms with Gasteiger partial charge >= 0.3 is 0 Å². The van der Waals surface area contributed by atoms with Crippen LogP contribution in [0.15, 0.2) is 12.7 Å². The highest BCUT2D eigenvalue weighted by Gasteiger charge is 2.55. The van der Waals surface area contributed by atoms with E-state index in [9.17, 15) is 8.78 Å². The van der Waals surface area contributed by atoms with Gasteiger partial charge in [-0.15, -0.1) is 0 Å². The van der Waals surface area contributed by atoms with Crippen molar-refractivity contribution in [2.24, 2.45) is 11.1 Å². The number of hydrogen-bond donors (Lipinski definition) is 1. The third-order valence-corrected chi connectivity index (χ3v) is 3.04. The molecule has 1 aliphatic rings. The molecule has 4 nitrogen and oxygen atoms in total. The molecule has 1 heterocycles. The molecule has 0 spiro atoms. The number of hydrogen-bond acceptors (Lipinski definition) is 3. The lowest BCUT2D eigenvalue weighted by molar-refractivity contribution is -0.161. The molecule has 0 radical (unpaired) electrons. The van der Waals surface area contributed by atoms with Crippen LogP contribution in [0.3, 0.4) is 0 Å². The zero-order chi connectivity index (χ0) is 10.9. The first-order valence-electron chi connectivity index (χ1n) is 4.96. The lowest BCUT2D eigenvalue weighted by Crippen LogP contribution is -2.50. The number of alkyl halides is 2. The van der Waals surface area contributed by atoms with E-state index in [2.05, 4.69) is 10.1 Å². The van der Waals surface area contributed by atoms with Crippen LogP contribution in [0.1, 0.15) is 19.3 Å². The van der Waals surface area contributed by atoms with E-state index in [1.54, 1.807) is 11.0 Å². The van der Waals surface area contributed by atoms with Gasteiger partial charge in [-0.1, -0.05) is 0 Å². The van der Waals surface area contributed by atoms with Gasteiger partial charge in [0.05, 0.1) is 0 Å². The van der Waals surface area contributed by atoms with E-state index in [1.807, 2.05) is 0 Å². The van der Waals surface area contributed by atoms with Crippen LogP contribution in [-0.2, 0) is 6.54 Å². The number of aromatic nitrogens is 3. The Kier molecular flexibility index (Phi) is 2.46. The first kappa shape index (κ1) is 10.5. The van der Waals surface area contributed by atoms with Gasteiger partial charge in [-0.25, -0.2) is 13.8 Å². The quantitative estimate of drug-likeness (QED) is 0.818. The number of nitrogens with zero attached hydrogens (tertiary/aromatic N) is 3. The van der Waals surface area contributed by atoms with E-state index in [1.165, 1.54) is 6.33 Å². The highest BCUT2D eigenvalue weighted by molar-refractivity contribution is 4.99. The van der Waals surface area contributed by atoms with Crippen molar-refractivity contribution in [2.45, 2.75) is 31.7 Å². The smallest absolute Gasteiger partial charge is 0.249 e. The highest BCUT2D eigenvalue weighted by Crippen LogP contribution is 2.53. The Bertz CT molecular complexity index is 315. The van der Waals surface area contributed by atoms with Crippen molar-refractivity contribution in [2.75, 3.05) is 6.54 Å². The molecule has 0 unspecified atom stereocenters. The zero-order valence-corrected chi connectivity index (χ0v) is 8.37. The molecule has 0 aliphatic heterocycles. The molecule has 15 heavy (non-hydrogen) atoms. The maximum Gasteiger partial charge on any atom is 0.249 e. The molecule has 1 aromatic heterocycles. The lowest BCUT2D eigenvalue weighted by Gasteiger charge is -2.46. The second kappa shape index (κ2) is 3.52. The van der Waals surface area contributed by atoms with Crippen LogP contribution in [0.25, 0.3) is 0 Å². The molecule has 1 fully saturated rings. The van der Waals surface area contributed by atoms with Crippen LogP contribution in [0.5, 0.6) is 0 Å². The number of aryl methyl sites for hydroxylation is 1. The standard InChI is InChI=1S/C9H14F2N4/c10-9(11)3-8(4-9,5-12)1-2-15-7-13-6-14-15/h6-7H,1-5,12H2. The Morgan fingerprint density at radius 2 is 2.13 bits per heavy atom. The topological polar surface area (TPSA) is 56.7 Å². The molecule has 2 rings (SSSR count).